The van der Waals surface area contributed by atoms with Gasteiger partial charge >= 0.3 is 0 Å². The Kier molecular flexibility index (Phi) is 21.5. The maximum absolute atomic E-state index is 4.66. The van der Waals surface area contributed by atoms with Gasteiger partial charge in [-0.15, -0.1) is 19.4 Å². The Hall–Kier alpha value is -5.76. The maximum atomic E-state index is 4.66. The molecule has 61 heavy (non-hydrogen) atoms. The first-order valence-corrected chi connectivity index (χ1v) is 21.8. The molecule has 2 aromatic heterocycles. The molecule has 1 aliphatic heterocycles. The van der Waals surface area contributed by atoms with Crippen molar-refractivity contribution >= 4 is 12.4 Å². The fraction of sp³-hybridized carbons (Fsp3) is 0.412. The molecule has 0 spiro atoms. The molecule has 0 aliphatic carbocycles. The standard InChI is InChI=1S/C36H51N9.C13H19N.C2H2/c1-9-18-45(27(6)34(25(3)4)42-26(5)10-2)20-17-38-23-31(37-7)30-21-39-35(40-22-30)29-15-13-28(14-16-29)32-24-41-36(43-32)33-12-11-19-44(33)8;1-4-13(14(5-2)6-3)12-10-8-7-9-11-12;1-2/h13-16,21-25,33-34,38,42H,5-7,9-12,17-20H2,1-4,8H3,(H,41,43);4,7-11,13H,1,5-6H2,2-3H3;1-2H/b31-23-;;/t33-,34-;13-;/m00./s1. The molecule has 0 saturated carbocycles. The Balaban J connectivity index is 0.000000522. The zero-order chi connectivity index (χ0) is 44.7. The number of imidazole rings is 1. The number of aromatic nitrogens is 4. The third-order valence-electron chi connectivity index (χ3n) is 11.1. The molecule has 1 saturated heterocycles. The summed E-state index contributed by atoms with van der Waals surface area (Å²) >= 11 is 0. The smallest absolute Gasteiger partial charge is 0.159 e. The van der Waals surface area contributed by atoms with Crippen LogP contribution < -0.4 is 10.6 Å². The second kappa shape index (κ2) is 26.5. The molecule has 1 aliphatic rings. The first-order valence-electron chi connectivity index (χ1n) is 21.8. The van der Waals surface area contributed by atoms with E-state index in [4.69, 9.17) is 0 Å². The van der Waals surface area contributed by atoms with Gasteiger partial charge in [-0.2, -0.15) is 0 Å². The van der Waals surface area contributed by atoms with E-state index < -0.39 is 0 Å². The highest BCUT2D eigenvalue weighted by molar-refractivity contribution is 5.68. The van der Waals surface area contributed by atoms with Gasteiger partial charge in [-0.05, 0) is 76.1 Å². The Morgan fingerprint density at radius 1 is 0.951 bits per heavy atom. The van der Waals surface area contributed by atoms with Crippen molar-refractivity contribution in [1.29, 1.82) is 0 Å². The highest BCUT2D eigenvalue weighted by Crippen LogP contribution is 2.30. The highest BCUT2D eigenvalue weighted by Gasteiger charge is 2.25. The molecule has 5 rings (SSSR count). The number of nitrogens with zero attached hydrogens (tertiary/aromatic N) is 7. The Bertz CT molecular complexity index is 1960. The molecule has 1 fully saturated rings. The van der Waals surface area contributed by atoms with E-state index in [1.807, 2.05) is 36.7 Å². The summed E-state index contributed by atoms with van der Waals surface area (Å²) in [6, 6.07) is 19.7. The van der Waals surface area contributed by atoms with Crippen molar-refractivity contribution in [1.82, 2.24) is 45.3 Å². The van der Waals surface area contributed by atoms with Crippen LogP contribution in [0.1, 0.15) is 96.3 Å². The van der Waals surface area contributed by atoms with Crippen LogP contribution in [0.3, 0.4) is 0 Å². The predicted molar refractivity (Wildman–Crippen MR) is 260 cm³/mol. The van der Waals surface area contributed by atoms with Crippen LogP contribution >= 0.6 is 0 Å². The average Bonchev–Trinajstić information content (AvgIpc) is 3.97. The number of hydrogen-bond acceptors (Lipinski definition) is 9. The average molecular weight is 825 g/mol. The van der Waals surface area contributed by atoms with E-state index in [1.165, 1.54) is 12.0 Å². The van der Waals surface area contributed by atoms with Gasteiger partial charge in [-0.25, -0.2) is 15.0 Å². The quantitative estimate of drug-likeness (QED) is 0.0312. The fourth-order valence-corrected chi connectivity index (χ4v) is 7.49. The molecular weight excluding hydrogens is 753 g/mol. The maximum Gasteiger partial charge on any atom is 0.159 e. The van der Waals surface area contributed by atoms with Crippen LogP contribution in [-0.2, 0) is 0 Å². The Labute approximate surface area is 368 Å². The van der Waals surface area contributed by atoms with Gasteiger partial charge in [0.15, 0.2) is 5.82 Å². The van der Waals surface area contributed by atoms with Crippen LogP contribution in [0.4, 0.5) is 0 Å². The number of terminal acetylenes is 1. The van der Waals surface area contributed by atoms with Crippen LogP contribution in [0, 0.1) is 18.8 Å². The van der Waals surface area contributed by atoms with Crippen molar-refractivity contribution in [3.8, 4) is 35.5 Å². The molecular formula is C51H72N10. The van der Waals surface area contributed by atoms with E-state index in [9.17, 15) is 0 Å². The van der Waals surface area contributed by atoms with Gasteiger partial charge in [0, 0.05) is 60.7 Å². The summed E-state index contributed by atoms with van der Waals surface area (Å²) in [4.78, 5) is 28.8. The van der Waals surface area contributed by atoms with Gasteiger partial charge in [0.05, 0.1) is 35.7 Å². The lowest BCUT2D eigenvalue weighted by Crippen LogP contribution is -2.43. The van der Waals surface area contributed by atoms with Crippen molar-refractivity contribution in [3.05, 3.63) is 134 Å². The number of benzene rings is 2. The van der Waals surface area contributed by atoms with Gasteiger partial charge in [-0.1, -0.05) is 115 Å². The van der Waals surface area contributed by atoms with Crippen LogP contribution in [0.2, 0.25) is 0 Å². The second-order valence-electron chi connectivity index (χ2n) is 15.4. The first kappa shape index (κ1) is 49.6. The summed E-state index contributed by atoms with van der Waals surface area (Å²) in [5.41, 5.74) is 8.01. The predicted octanol–water partition coefficient (Wildman–Crippen LogP) is 10.2. The number of allylic oxidation sites excluding steroid dienone is 1. The molecule has 3 heterocycles. The Morgan fingerprint density at radius 2 is 1.61 bits per heavy atom. The fourth-order valence-electron chi connectivity index (χ4n) is 7.49. The van der Waals surface area contributed by atoms with E-state index in [1.54, 1.807) is 12.4 Å². The van der Waals surface area contributed by atoms with E-state index in [-0.39, 0.29) is 6.04 Å². The lowest BCUT2D eigenvalue weighted by atomic mass is 9.99. The SMILES string of the molecule is C#C.C=C[C@@H](c1ccccc1)N(CC)CC.C=N/C(=C\NCCN(CCC)C(=C)[C@@H](NC(=C)CC)C(C)C)c1cnc(-c2ccc(-c3cnc([C@@H]4CCCN4C)[nH]3)cc2)nc1. The molecule has 3 N–H and O–H groups in total. The van der Waals surface area contributed by atoms with Crippen molar-refractivity contribution in [3.63, 3.8) is 0 Å². The zero-order valence-corrected chi connectivity index (χ0v) is 38.1. The van der Waals surface area contributed by atoms with E-state index >= 15 is 0 Å². The summed E-state index contributed by atoms with van der Waals surface area (Å²) < 4.78 is 0. The number of likely N-dealkylation sites (N-methyl/N-ethyl adjacent to an activating group) is 1. The normalized spacial score (nSPS) is 14.8. The summed E-state index contributed by atoms with van der Waals surface area (Å²) in [6.45, 7) is 35.1. The summed E-state index contributed by atoms with van der Waals surface area (Å²) in [5, 5.41) is 6.98. The largest absolute Gasteiger partial charge is 0.387 e. The van der Waals surface area contributed by atoms with Crippen LogP contribution in [0.15, 0.2) is 122 Å². The summed E-state index contributed by atoms with van der Waals surface area (Å²) in [6.07, 6.45) is 21.7. The summed E-state index contributed by atoms with van der Waals surface area (Å²) in [5.74, 6) is 2.10. The summed E-state index contributed by atoms with van der Waals surface area (Å²) in [7, 11) is 2.16. The van der Waals surface area contributed by atoms with Crippen LogP contribution in [0.25, 0.3) is 28.3 Å². The minimum Gasteiger partial charge on any atom is -0.387 e. The number of rotatable bonds is 22. The minimum atomic E-state index is 0.152. The molecule has 10 nitrogen and oxygen atoms in total. The van der Waals surface area contributed by atoms with Crippen LogP contribution in [0.5, 0.6) is 0 Å². The number of H-pyrrole nitrogens is 1. The molecule has 0 unspecified atom stereocenters. The van der Waals surface area contributed by atoms with Gasteiger partial charge in [-0.3, -0.25) is 14.8 Å². The number of likely N-dealkylation sites (tertiary alicyclic amines) is 1. The third-order valence-corrected chi connectivity index (χ3v) is 11.1. The third kappa shape index (κ3) is 14.4. The molecule has 0 radical (unpaired) electrons. The molecule has 0 bridgehead atoms. The zero-order valence-electron chi connectivity index (χ0n) is 38.1. The lowest BCUT2D eigenvalue weighted by molar-refractivity contribution is 0.257. The van der Waals surface area contributed by atoms with Crippen molar-refractivity contribution in [2.75, 3.05) is 46.3 Å². The van der Waals surface area contributed by atoms with Crippen molar-refractivity contribution < 1.29 is 0 Å². The lowest BCUT2D eigenvalue weighted by Gasteiger charge is -2.35. The second-order valence-corrected chi connectivity index (χ2v) is 15.4. The first-order chi connectivity index (χ1) is 29.6. The highest BCUT2D eigenvalue weighted by atomic mass is 15.2. The van der Waals surface area contributed by atoms with E-state index in [0.29, 0.717) is 29.5 Å². The molecule has 326 valence electrons. The van der Waals surface area contributed by atoms with Crippen molar-refractivity contribution in [2.45, 2.75) is 85.4 Å². The molecule has 3 atom stereocenters. The minimum absolute atomic E-state index is 0.152. The number of aliphatic imine (C=N–C) groups is 1. The molecule has 2 aromatic carbocycles. The van der Waals surface area contributed by atoms with E-state index in [0.717, 1.165) is 98.1 Å². The van der Waals surface area contributed by atoms with Gasteiger partial charge in [0.1, 0.15) is 5.82 Å². The topological polar surface area (TPSA) is 101 Å². The molecule has 10 heteroatoms. The molecule has 0 amide bonds. The van der Waals surface area contributed by atoms with Crippen LogP contribution in [-0.4, -0.2) is 93.7 Å². The molecule has 4 aromatic rings. The number of hydrogen-bond donors (Lipinski definition) is 3. The number of aromatic amines is 1. The van der Waals surface area contributed by atoms with Gasteiger partial charge in [0.2, 0.25) is 0 Å². The van der Waals surface area contributed by atoms with Crippen molar-refractivity contribution in [2.24, 2.45) is 10.9 Å². The van der Waals surface area contributed by atoms with Gasteiger partial charge < -0.3 is 20.5 Å². The van der Waals surface area contributed by atoms with E-state index in [2.05, 4.69) is 175 Å². The number of nitrogens with one attached hydrogen (secondary N) is 3. The Morgan fingerprint density at radius 3 is 2.15 bits per heavy atom. The monoisotopic (exact) mass is 825 g/mol. The van der Waals surface area contributed by atoms with Gasteiger partial charge in [0.25, 0.3) is 0 Å².